The summed E-state index contributed by atoms with van der Waals surface area (Å²) in [5, 5.41) is 3.04. The van der Waals surface area contributed by atoms with Gasteiger partial charge < -0.3 is 10.1 Å². The lowest BCUT2D eigenvalue weighted by Gasteiger charge is -2.35. The highest BCUT2D eigenvalue weighted by atomic mass is 19.3. The van der Waals surface area contributed by atoms with E-state index >= 15 is 0 Å². The van der Waals surface area contributed by atoms with Gasteiger partial charge in [-0.2, -0.15) is 0 Å². The van der Waals surface area contributed by atoms with E-state index in [1.165, 1.54) is 0 Å². The zero-order valence-corrected chi connectivity index (χ0v) is 18.0. The van der Waals surface area contributed by atoms with E-state index in [0.717, 1.165) is 25.0 Å². The van der Waals surface area contributed by atoms with Gasteiger partial charge in [0.25, 0.3) is 5.91 Å². The first kappa shape index (κ1) is 21.7. The number of carbonyl (C=O) groups excluding carboxylic acids is 1. The maximum atomic E-state index is 13.4. The van der Waals surface area contributed by atoms with Gasteiger partial charge in [-0.1, -0.05) is 26.0 Å². The molecule has 2 aromatic heterocycles. The van der Waals surface area contributed by atoms with Crippen LogP contribution in [-0.4, -0.2) is 28.4 Å². The third kappa shape index (κ3) is 5.57. The minimum Gasteiger partial charge on any atom is -0.477 e. The Morgan fingerprint density at radius 2 is 2.00 bits per heavy atom. The zero-order valence-electron chi connectivity index (χ0n) is 18.0. The maximum Gasteiger partial charge on any atom is 0.270 e. The third-order valence-electron chi connectivity index (χ3n) is 5.86. The Labute approximate surface area is 181 Å². The first-order valence-corrected chi connectivity index (χ1v) is 11.0. The molecule has 7 heteroatoms. The molecule has 31 heavy (non-hydrogen) atoms. The van der Waals surface area contributed by atoms with Crippen molar-refractivity contribution in [2.75, 3.05) is 6.61 Å². The van der Waals surface area contributed by atoms with Gasteiger partial charge >= 0.3 is 0 Å². The standard InChI is InChI=1S/C24H29F2N3O2/c1-15(2)11-21(19-5-3-4-10-27-19)28-22(30)20-9-8-18(17-12-24(25,26)13-17)23(29-20)31-14-16-6-7-16/h3-5,8-10,15-17,21H,6-7,11-14H2,1-2H3,(H,28,30). The Morgan fingerprint density at radius 3 is 2.61 bits per heavy atom. The van der Waals surface area contributed by atoms with Crippen molar-refractivity contribution in [3.63, 3.8) is 0 Å². The number of nitrogens with zero attached hydrogens (tertiary/aromatic N) is 2. The van der Waals surface area contributed by atoms with Gasteiger partial charge in [0.15, 0.2) is 0 Å². The van der Waals surface area contributed by atoms with Gasteiger partial charge in [-0.05, 0) is 49.3 Å². The average Bonchev–Trinajstić information content (AvgIpc) is 3.54. The fourth-order valence-electron chi connectivity index (χ4n) is 3.91. The Kier molecular flexibility index (Phi) is 6.21. The first-order valence-electron chi connectivity index (χ1n) is 11.0. The number of rotatable bonds is 9. The second-order valence-electron chi connectivity index (χ2n) is 9.22. The molecule has 0 bridgehead atoms. The highest BCUT2D eigenvalue weighted by molar-refractivity contribution is 5.92. The predicted octanol–water partition coefficient (Wildman–Crippen LogP) is 5.30. The molecular formula is C24H29F2N3O2. The van der Waals surface area contributed by atoms with Crippen molar-refractivity contribution in [3.05, 3.63) is 53.5 Å². The minimum absolute atomic E-state index is 0.198. The van der Waals surface area contributed by atoms with Gasteiger partial charge in [-0.25, -0.2) is 13.8 Å². The van der Waals surface area contributed by atoms with Crippen molar-refractivity contribution in [2.45, 2.75) is 63.8 Å². The number of pyridine rings is 2. The van der Waals surface area contributed by atoms with Crippen molar-refractivity contribution in [2.24, 2.45) is 11.8 Å². The fourth-order valence-corrected chi connectivity index (χ4v) is 3.91. The summed E-state index contributed by atoms with van der Waals surface area (Å²) in [4.78, 5) is 21.8. The largest absolute Gasteiger partial charge is 0.477 e. The molecule has 1 N–H and O–H groups in total. The van der Waals surface area contributed by atoms with Crippen LogP contribution in [-0.2, 0) is 0 Å². The van der Waals surface area contributed by atoms with Crippen LogP contribution >= 0.6 is 0 Å². The normalized spacial score (nSPS) is 19.0. The zero-order chi connectivity index (χ0) is 22.0. The van der Waals surface area contributed by atoms with Crippen LogP contribution in [0.15, 0.2) is 36.5 Å². The predicted molar refractivity (Wildman–Crippen MR) is 113 cm³/mol. The molecule has 5 nitrogen and oxygen atoms in total. The van der Waals surface area contributed by atoms with E-state index in [0.29, 0.717) is 29.9 Å². The molecule has 0 spiro atoms. The number of halogens is 2. The van der Waals surface area contributed by atoms with E-state index in [9.17, 15) is 13.6 Å². The van der Waals surface area contributed by atoms with E-state index in [1.54, 1.807) is 18.3 Å². The topological polar surface area (TPSA) is 64.1 Å². The van der Waals surface area contributed by atoms with E-state index in [4.69, 9.17) is 4.74 Å². The molecule has 166 valence electrons. The van der Waals surface area contributed by atoms with Gasteiger partial charge in [0.2, 0.25) is 11.8 Å². The second kappa shape index (κ2) is 8.89. The molecule has 0 radical (unpaired) electrons. The Hall–Kier alpha value is -2.57. The Bertz CT molecular complexity index is 908. The van der Waals surface area contributed by atoms with E-state index in [-0.39, 0.29) is 36.4 Å². The highest BCUT2D eigenvalue weighted by Gasteiger charge is 2.47. The Morgan fingerprint density at radius 1 is 1.23 bits per heavy atom. The molecule has 2 aliphatic rings. The van der Waals surface area contributed by atoms with Crippen LogP contribution in [0.4, 0.5) is 8.78 Å². The van der Waals surface area contributed by atoms with Crippen LogP contribution in [0.3, 0.4) is 0 Å². The van der Waals surface area contributed by atoms with E-state index < -0.39 is 5.92 Å². The van der Waals surface area contributed by atoms with Crippen LogP contribution in [0, 0.1) is 11.8 Å². The summed E-state index contributed by atoms with van der Waals surface area (Å²) in [6, 6.07) is 8.72. The van der Waals surface area contributed by atoms with Crippen molar-refractivity contribution in [3.8, 4) is 5.88 Å². The summed E-state index contributed by atoms with van der Waals surface area (Å²) in [5.41, 5.74) is 1.69. The number of carbonyl (C=O) groups is 1. The van der Waals surface area contributed by atoms with Crippen LogP contribution < -0.4 is 10.1 Å². The number of hydrogen-bond donors (Lipinski definition) is 1. The van der Waals surface area contributed by atoms with Crippen molar-refractivity contribution < 1.29 is 18.3 Å². The first-order chi connectivity index (χ1) is 14.8. The molecule has 2 aliphatic carbocycles. The smallest absolute Gasteiger partial charge is 0.270 e. The summed E-state index contributed by atoms with van der Waals surface area (Å²) in [6.45, 7) is 4.69. The molecule has 2 saturated carbocycles. The van der Waals surface area contributed by atoms with Crippen molar-refractivity contribution in [1.82, 2.24) is 15.3 Å². The highest BCUT2D eigenvalue weighted by Crippen LogP contribution is 2.50. The third-order valence-corrected chi connectivity index (χ3v) is 5.86. The van der Waals surface area contributed by atoms with E-state index in [1.807, 2.05) is 18.2 Å². The van der Waals surface area contributed by atoms with Crippen molar-refractivity contribution >= 4 is 5.91 Å². The average molecular weight is 430 g/mol. The van der Waals surface area contributed by atoms with Gasteiger partial charge in [0.05, 0.1) is 18.3 Å². The lowest BCUT2D eigenvalue weighted by atomic mass is 9.77. The second-order valence-corrected chi connectivity index (χ2v) is 9.22. The number of amides is 1. The molecule has 0 aliphatic heterocycles. The molecular weight excluding hydrogens is 400 g/mol. The van der Waals surface area contributed by atoms with Crippen LogP contribution in [0.25, 0.3) is 0 Å². The minimum atomic E-state index is -2.62. The lowest BCUT2D eigenvalue weighted by molar-refractivity contribution is -0.0872. The van der Waals surface area contributed by atoms with Crippen molar-refractivity contribution in [1.29, 1.82) is 0 Å². The molecule has 0 saturated heterocycles. The summed E-state index contributed by atoms with van der Waals surface area (Å²) >= 11 is 0. The van der Waals surface area contributed by atoms with Gasteiger partial charge in [-0.15, -0.1) is 0 Å². The van der Waals surface area contributed by atoms with Gasteiger partial charge in [0, 0.05) is 30.5 Å². The summed E-state index contributed by atoms with van der Waals surface area (Å²) in [7, 11) is 0. The molecule has 2 fully saturated rings. The summed E-state index contributed by atoms with van der Waals surface area (Å²) in [6.07, 6.45) is 4.27. The molecule has 1 amide bonds. The molecule has 1 atom stereocenters. The van der Waals surface area contributed by atoms with E-state index in [2.05, 4.69) is 29.1 Å². The van der Waals surface area contributed by atoms with Crippen LogP contribution in [0.2, 0.25) is 0 Å². The molecule has 0 aromatic carbocycles. The van der Waals surface area contributed by atoms with Gasteiger partial charge in [-0.3, -0.25) is 9.78 Å². The lowest BCUT2D eigenvalue weighted by Crippen LogP contribution is -2.34. The molecule has 1 unspecified atom stereocenters. The number of aromatic nitrogens is 2. The summed E-state index contributed by atoms with van der Waals surface area (Å²) < 4.78 is 32.7. The Balaban J connectivity index is 1.52. The number of ether oxygens (including phenoxy) is 1. The molecule has 4 rings (SSSR count). The van der Waals surface area contributed by atoms with Gasteiger partial charge in [0.1, 0.15) is 5.69 Å². The number of alkyl halides is 2. The molecule has 2 aromatic rings. The number of nitrogens with one attached hydrogen (secondary N) is 1. The van der Waals surface area contributed by atoms with Crippen LogP contribution in [0.5, 0.6) is 5.88 Å². The quantitative estimate of drug-likeness (QED) is 0.588. The SMILES string of the molecule is CC(C)CC(NC(=O)c1ccc(C2CC(F)(F)C2)c(OCC2CC2)n1)c1ccccn1. The molecule has 2 heterocycles. The summed E-state index contributed by atoms with van der Waals surface area (Å²) in [5.74, 6) is -2.05. The fraction of sp³-hybridized carbons (Fsp3) is 0.542. The van der Waals surface area contributed by atoms with Crippen LogP contribution in [0.1, 0.15) is 79.7 Å². The maximum absolute atomic E-state index is 13.4. The monoisotopic (exact) mass is 429 g/mol. The number of hydrogen-bond acceptors (Lipinski definition) is 4.